The van der Waals surface area contributed by atoms with Crippen molar-refractivity contribution in [1.82, 2.24) is 14.5 Å². The molecule has 0 saturated heterocycles. The van der Waals surface area contributed by atoms with Crippen molar-refractivity contribution in [2.75, 3.05) is 5.73 Å². The Morgan fingerprint density at radius 2 is 1.79 bits per heavy atom. The van der Waals surface area contributed by atoms with Crippen LogP contribution in [-0.2, 0) is 0 Å². The Morgan fingerprint density at radius 1 is 1.05 bits per heavy atom. The maximum absolute atomic E-state index is 5.81. The van der Waals surface area contributed by atoms with Gasteiger partial charge in [0.1, 0.15) is 12.1 Å². The monoisotopic (exact) mass is 252 g/mol. The first kappa shape index (κ1) is 11.7. The van der Waals surface area contributed by atoms with Gasteiger partial charge in [-0.2, -0.15) is 0 Å². The van der Waals surface area contributed by atoms with Crippen molar-refractivity contribution in [1.29, 1.82) is 0 Å². The molecule has 0 saturated carbocycles. The zero-order valence-corrected chi connectivity index (χ0v) is 11.3. The molecule has 0 aliphatic carbocycles. The van der Waals surface area contributed by atoms with E-state index in [1.54, 1.807) is 0 Å². The van der Waals surface area contributed by atoms with Crippen molar-refractivity contribution in [3.8, 4) is 5.82 Å². The number of anilines is 1. The number of fused-ring (bicyclic) bond motifs is 1. The number of hydrogen-bond donors (Lipinski definition) is 1. The van der Waals surface area contributed by atoms with E-state index in [0.29, 0.717) is 5.69 Å². The lowest BCUT2D eigenvalue weighted by atomic mass is 10.1. The minimum Gasteiger partial charge on any atom is -0.397 e. The predicted molar refractivity (Wildman–Crippen MR) is 77.5 cm³/mol. The largest absolute Gasteiger partial charge is 0.397 e. The third-order valence-electron chi connectivity index (χ3n) is 3.52. The molecule has 2 N–H and O–H groups in total. The second kappa shape index (κ2) is 4.09. The van der Waals surface area contributed by atoms with Gasteiger partial charge in [-0.15, -0.1) is 0 Å². The molecular weight excluding hydrogens is 236 g/mol. The van der Waals surface area contributed by atoms with Crippen LogP contribution in [0.15, 0.2) is 30.6 Å². The van der Waals surface area contributed by atoms with Gasteiger partial charge in [-0.3, -0.25) is 4.57 Å². The first-order valence-corrected chi connectivity index (χ1v) is 6.24. The van der Waals surface area contributed by atoms with Gasteiger partial charge >= 0.3 is 0 Å². The Balaban J connectivity index is 2.25. The number of imidazole rings is 1. The number of pyridine rings is 1. The molecule has 96 valence electrons. The quantitative estimate of drug-likeness (QED) is 0.724. The second-order valence-electron chi connectivity index (χ2n) is 4.88. The van der Waals surface area contributed by atoms with Crippen LogP contribution in [0.1, 0.15) is 16.8 Å². The van der Waals surface area contributed by atoms with Crippen LogP contribution in [0.4, 0.5) is 5.69 Å². The van der Waals surface area contributed by atoms with Crippen LogP contribution >= 0.6 is 0 Å². The van der Waals surface area contributed by atoms with E-state index < -0.39 is 0 Å². The van der Waals surface area contributed by atoms with Gasteiger partial charge in [0.25, 0.3) is 0 Å². The fourth-order valence-electron chi connectivity index (χ4n) is 2.14. The molecule has 2 heterocycles. The number of nitrogen functional groups attached to an aromatic ring is 1. The molecule has 0 bridgehead atoms. The van der Waals surface area contributed by atoms with Crippen molar-refractivity contribution in [2.24, 2.45) is 0 Å². The van der Waals surface area contributed by atoms with E-state index in [9.17, 15) is 0 Å². The van der Waals surface area contributed by atoms with Crippen LogP contribution in [0.25, 0.3) is 16.9 Å². The lowest BCUT2D eigenvalue weighted by Crippen LogP contribution is -2.00. The number of aromatic nitrogens is 3. The molecule has 0 unspecified atom stereocenters. The number of aryl methyl sites for hydroxylation is 3. The summed E-state index contributed by atoms with van der Waals surface area (Å²) in [7, 11) is 0. The maximum atomic E-state index is 5.81. The van der Waals surface area contributed by atoms with Crippen molar-refractivity contribution < 1.29 is 0 Å². The van der Waals surface area contributed by atoms with Crippen molar-refractivity contribution >= 4 is 16.7 Å². The third-order valence-corrected chi connectivity index (χ3v) is 3.52. The minimum atomic E-state index is 0.709. The summed E-state index contributed by atoms with van der Waals surface area (Å²) in [4.78, 5) is 8.96. The molecule has 19 heavy (non-hydrogen) atoms. The van der Waals surface area contributed by atoms with Gasteiger partial charge in [0.2, 0.25) is 0 Å². The Hall–Kier alpha value is -2.36. The highest BCUT2D eigenvalue weighted by Crippen LogP contribution is 2.21. The molecule has 3 rings (SSSR count). The highest BCUT2D eigenvalue weighted by molar-refractivity contribution is 5.79. The lowest BCUT2D eigenvalue weighted by Gasteiger charge is -2.07. The highest BCUT2D eigenvalue weighted by atomic mass is 15.1. The summed E-state index contributed by atoms with van der Waals surface area (Å²) < 4.78 is 1.99. The van der Waals surface area contributed by atoms with Gasteiger partial charge < -0.3 is 5.73 Å². The molecule has 0 radical (unpaired) electrons. The number of nitrogens with two attached hydrogens (primary N) is 1. The normalized spacial score (nSPS) is 11.1. The van der Waals surface area contributed by atoms with Crippen LogP contribution in [0, 0.1) is 20.8 Å². The van der Waals surface area contributed by atoms with Crippen LogP contribution in [-0.4, -0.2) is 14.5 Å². The molecule has 0 fully saturated rings. The summed E-state index contributed by atoms with van der Waals surface area (Å²) in [6, 6.07) is 8.04. The zero-order valence-electron chi connectivity index (χ0n) is 11.3. The Morgan fingerprint density at radius 3 is 2.53 bits per heavy atom. The average Bonchev–Trinajstić information content (AvgIpc) is 2.76. The zero-order chi connectivity index (χ0) is 13.6. The first-order chi connectivity index (χ1) is 9.06. The molecular formula is C15H16N4. The van der Waals surface area contributed by atoms with Gasteiger partial charge in [-0.25, -0.2) is 9.97 Å². The minimum absolute atomic E-state index is 0.709. The van der Waals surface area contributed by atoms with E-state index in [-0.39, 0.29) is 0 Å². The van der Waals surface area contributed by atoms with Crippen LogP contribution < -0.4 is 5.73 Å². The standard InChI is InChI=1S/C15H16N4/c1-9-6-13-14(7-10(9)2)19(8-17-13)15-5-4-12(16)11(3)18-15/h4-8H,16H2,1-3H3. The molecule has 4 heteroatoms. The van der Waals surface area contributed by atoms with Crippen molar-refractivity contribution in [2.45, 2.75) is 20.8 Å². The van der Waals surface area contributed by atoms with E-state index in [2.05, 4.69) is 35.9 Å². The fourth-order valence-corrected chi connectivity index (χ4v) is 2.14. The van der Waals surface area contributed by atoms with Crippen molar-refractivity contribution in [3.05, 3.63) is 47.4 Å². The van der Waals surface area contributed by atoms with E-state index >= 15 is 0 Å². The molecule has 3 aromatic rings. The van der Waals surface area contributed by atoms with E-state index in [1.807, 2.05) is 30.0 Å². The molecule has 2 aromatic heterocycles. The molecule has 0 spiro atoms. The van der Waals surface area contributed by atoms with Crippen LogP contribution in [0.3, 0.4) is 0 Å². The topological polar surface area (TPSA) is 56.7 Å². The first-order valence-electron chi connectivity index (χ1n) is 6.24. The lowest BCUT2D eigenvalue weighted by molar-refractivity contribution is 1.00. The second-order valence-corrected chi connectivity index (χ2v) is 4.88. The van der Waals surface area contributed by atoms with Gasteiger partial charge in [-0.05, 0) is 56.2 Å². The van der Waals surface area contributed by atoms with E-state index in [1.165, 1.54) is 11.1 Å². The van der Waals surface area contributed by atoms with Gasteiger partial charge in [-0.1, -0.05) is 0 Å². The Kier molecular flexibility index (Phi) is 2.52. The summed E-state index contributed by atoms with van der Waals surface area (Å²) in [6.45, 7) is 6.11. The average molecular weight is 252 g/mol. The maximum Gasteiger partial charge on any atom is 0.138 e. The summed E-state index contributed by atoms with van der Waals surface area (Å²) >= 11 is 0. The molecule has 1 aromatic carbocycles. The van der Waals surface area contributed by atoms with Gasteiger partial charge in [0, 0.05) is 0 Å². The number of benzene rings is 1. The number of rotatable bonds is 1. The summed E-state index contributed by atoms with van der Waals surface area (Å²) in [6.07, 6.45) is 1.81. The van der Waals surface area contributed by atoms with Crippen LogP contribution in [0.2, 0.25) is 0 Å². The molecule has 0 atom stereocenters. The van der Waals surface area contributed by atoms with Gasteiger partial charge in [0.15, 0.2) is 0 Å². The summed E-state index contributed by atoms with van der Waals surface area (Å²) in [5.74, 6) is 0.845. The smallest absolute Gasteiger partial charge is 0.138 e. The Labute approximate surface area is 111 Å². The fraction of sp³-hybridized carbons (Fsp3) is 0.200. The molecule has 4 nitrogen and oxygen atoms in total. The third kappa shape index (κ3) is 1.85. The van der Waals surface area contributed by atoms with E-state index in [0.717, 1.165) is 22.5 Å². The Bertz CT molecular complexity index is 771. The molecule has 0 amide bonds. The summed E-state index contributed by atoms with van der Waals surface area (Å²) in [5, 5.41) is 0. The number of hydrogen-bond acceptors (Lipinski definition) is 3. The van der Waals surface area contributed by atoms with E-state index in [4.69, 9.17) is 5.73 Å². The predicted octanol–water partition coefficient (Wildman–Crippen LogP) is 2.93. The van der Waals surface area contributed by atoms with Crippen LogP contribution in [0.5, 0.6) is 0 Å². The van der Waals surface area contributed by atoms with Crippen molar-refractivity contribution in [3.63, 3.8) is 0 Å². The number of nitrogens with zero attached hydrogens (tertiary/aromatic N) is 3. The summed E-state index contributed by atoms with van der Waals surface area (Å²) in [5.41, 5.74) is 11.9. The SMILES string of the molecule is Cc1cc2ncn(-c3ccc(N)c(C)n3)c2cc1C. The molecule has 0 aliphatic rings. The highest BCUT2D eigenvalue weighted by Gasteiger charge is 2.08. The molecule has 0 aliphatic heterocycles. The van der Waals surface area contributed by atoms with Gasteiger partial charge in [0.05, 0.1) is 22.4 Å².